The first kappa shape index (κ1) is 22.5. The van der Waals surface area contributed by atoms with Gasteiger partial charge in [0.2, 0.25) is 5.52 Å². The van der Waals surface area contributed by atoms with Gasteiger partial charge < -0.3 is 4.40 Å². The molecular formula is C35H35N2+. The molecule has 0 fully saturated rings. The molecular weight excluding hydrogens is 448 g/mol. The molecule has 0 radical (unpaired) electrons. The number of aryl methyl sites for hydroxylation is 2. The number of hydrogen-bond acceptors (Lipinski definition) is 0. The zero-order valence-electron chi connectivity index (χ0n) is 23.0. The molecule has 0 saturated carbocycles. The van der Waals surface area contributed by atoms with Crippen molar-refractivity contribution in [3.63, 3.8) is 0 Å². The standard InChI is InChI=1S/C35H35N2/c1-20(2)28-25-13-9-8-12-24(25)21(3)29-33-31-22(17-18-36(33)7)15-16-26-30-23(19-35(4,5)6)11-10-14-27(30)37(32(26)31)34(28)29/h8-18,20H,19H2,1-7H3/q+1. The number of rotatable bonds is 2. The largest absolute Gasteiger partial charge is 0.307 e. The highest BCUT2D eigenvalue weighted by Crippen LogP contribution is 2.46. The van der Waals surface area contributed by atoms with E-state index in [-0.39, 0.29) is 5.41 Å². The Kier molecular flexibility index (Phi) is 4.54. The molecule has 0 bridgehead atoms. The highest BCUT2D eigenvalue weighted by molar-refractivity contribution is 6.29. The fourth-order valence-electron chi connectivity index (χ4n) is 7.05. The molecule has 3 aromatic heterocycles. The van der Waals surface area contributed by atoms with E-state index in [4.69, 9.17) is 0 Å². The number of fused-ring (bicyclic) bond motifs is 7. The minimum Gasteiger partial charge on any atom is -0.307 e. The maximum Gasteiger partial charge on any atom is 0.224 e. The highest BCUT2D eigenvalue weighted by Gasteiger charge is 2.28. The van der Waals surface area contributed by atoms with Crippen LogP contribution < -0.4 is 4.57 Å². The Morgan fingerprint density at radius 1 is 0.784 bits per heavy atom. The van der Waals surface area contributed by atoms with Gasteiger partial charge >= 0.3 is 0 Å². The Hall–Kier alpha value is -3.65. The van der Waals surface area contributed by atoms with Crippen LogP contribution in [0.15, 0.2) is 66.9 Å². The van der Waals surface area contributed by atoms with Crippen molar-refractivity contribution in [1.29, 1.82) is 0 Å². The average molecular weight is 484 g/mol. The lowest BCUT2D eigenvalue weighted by molar-refractivity contribution is -0.643. The van der Waals surface area contributed by atoms with Crippen LogP contribution >= 0.6 is 0 Å². The molecule has 0 aliphatic carbocycles. The Bertz CT molecular complexity index is 2030. The molecule has 0 unspecified atom stereocenters. The molecule has 0 aliphatic rings. The summed E-state index contributed by atoms with van der Waals surface area (Å²) in [5.41, 5.74) is 9.89. The van der Waals surface area contributed by atoms with Crippen molar-refractivity contribution in [2.45, 2.75) is 53.9 Å². The lowest BCUT2D eigenvalue weighted by atomic mass is 9.86. The van der Waals surface area contributed by atoms with Crippen molar-refractivity contribution >= 4 is 59.8 Å². The minimum absolute atomic E-state index is 0.213. The topological polar surface area (TPSA) is 8.29 Å². The van der Waals surface area contributed by atoms with E-state index in [9.17, 15) is 0 Å². The van der Waals surface area contributed by atoms with Crippen LogP contribution in [-0.4, -0.2) is 4.40 Å². The second-order valence-corrected chi connectivity index (χ2v) is 12.5. The fourth-order valence-corrected chi connectivity index (χ4v) is 7.05. The van der Waals surface area contributed by atoms with Gasteiger partial charge in [0.1, 0.15) is 7.05 Å². The van der Waals surface area contributed by atoms with Gasteiger partial charge in [-0.25, -0.2) is 4.57 Å². The summed E-state index contributed by atoms with van der Waals surface area (Å²) in [4.78, 5) is 0. The summed E-state index contributed by atoms with van der Waals surface area (Å²) in [5, 5.41) is 9.61. The summed E-state index contributed by atoms with van der Waals surface area (Å²) in [6.07, 6.45) is 3.29. The van der Waals surface area contributed by atoms with Crippen molar-refractivity contribution in [1.82, 2.24) is 4.40 Å². The van der Waals surface area contributed by atoms with Crippen LogP contribution in [0.25, 0.3) is 59.8 Å². The molecule has 37 heavy (non-hydrogen) atoms. The zero-order chi connectivity index (χ0) is 25.8. The van der Waals surface area contributed by atoms with Crippen LogP contribution in [-0.2, 0) is 13.5 Å². The normalized spacial score (nSPS) is 13.1. The van der Waals surface area contributed by atoms with Crippen molar-refractivity contribution in [2.75, 3.05) is 0 Å². The predicted molar refractivity (Wildman–Crippen MR) is 159 cm³/mol. The molecule has 0 aliphatic heterocycles. The molecule has 0 atom stereocenters. The first-order chi connectivity index (χ1) is 17.7. The van der Waals surface area contributed by atoms with Crippen LogP contribution in [0.1, 0.15) is 57.2 Å². The summed E-state index contributed by atoms with van der Waals surface area (Å²) < 4.78 is 4.99. The average Bonchev–Trinajstić information content (AvgIpc) is 3.19. The maximum absolute atomic E-state index is 2.64. The zero-order valence-corrected chi connectivity index (χ0v) is 23.0. The van der Waals surface area contributed by atoms with E-state index in [2.05, 4.69) is 124 Å². The van der Waals surface area contributed by atoms with E-state index >= 15 is 0 Å². The molecule has 3 heterocycles. The van der Waals surface area contributed by atoms with E-state index in [1.54, 1.807) is 0 Å². The van der Waals surface area contributed by atoms with Gasteiger partial charge in [-0.2, -0.15) is 0 Å². The van der Waals surface area contributed by atoms with Crippen molar-refractivity contribution in [2.24, 2.45) is 12.5 Å². The molecule has 7 rings (SSSR count). The SMILES string of the molecule is Cc1c2ccccc2c(C(C)C)c2c1c1c3c(ccc4c5c(CC(C)(C)C)cccc5n2c43)cc[n+]1C. The lowest BCUT2D eigenvalue weighted by Gasteiger charge is -2.21. The van der Waals surface area contributed by atoms with Gasteiger partial charge in [0.15, 0.2) is 6.20 Å². The van der Waals surface area contributed by atoms with Gasteiger partial charge in [0.05, 0.1) is 27.3 Å². The molecule has 7 aromatic rings. The van der Waals surface area contributed by atoms with Gasteiger partial charge in [-0.1, -0.05) is 83.1 Å². The summed E-state index contributed by atoms with van der Waals surface area (Å²) in [7, 11) is 2.21. The van der Waals surface area contributed by atoms with Crippen LogP contribution in [0.4, 0.5) is 0 Å². The van der Waals surface area contributed by atoms with Crippen molar-refractivity contribution < 1.29 is 4.57 Å². The number of benzene rings is 4. The first-order valence-electron chi connectivity index (χ1n) is 13.6. The third kappa shape index (κ3) is 2.96. The summed E-state index contributed by atoms with van der Waals surface area (Å²) in [6.45, 7) is 14.1. The van der Waals surface area contributed by atoms with Crippen LogP contribution in [0.5, 0.6) is 0 Å². The van der Waals surface area contributed by atoms with Gasteiger partial charge in [-0.15, -0.1) is 0 Å². The van der Waals surface area contributed by atoms with Gasteiger partial charge in [-0.3, -0.25) is 0 Å². The Morgan fingerprint density at radius 2 is 1.54 bits per heavy atom. The van der Waals surface area contributed by atoms with E-state index in [0.29, 0.717) is 5.92 Å². The Morgan fingerprint density at radius 3 is 2.27 bits per heavy atom. The second kappa shape index (κ2) is 7.44. The highest BCUT2D eigenvalue weighted by atomic mass is 15.0. The summed E-state index contributed by atoms with van der Waals surface area (Å²) in [6, 6.07) is 23.0. The molecule has 0 saturated heterocycles. The van der Waals surface area contributed by atoms with Crippen LogP contribution in [0.2, 0.25) is 0 Å². The van der Waals surface area contributed by atoms with Gasteiger partial charge in [0, 0.05) is 16.8 Å². The molecule has 184 valence electrons. The van der Waals surface area contributed by atoms with E-state index in [1.165, 1.54) is 76.5 Å². The van der Waals surface area contributed by atoms with Crippen molar-refractivity contribution in [3.05, 3.63) is 83.6 Å². The third-order valence-electron chi connectivity index (χ3n) is 8.39. The molecule has 0 N–H and O–H groups in total. The van der Waals surface area contributed by atoms with Gasteiger partial charge in [-0.05, 0) is 63.6 Å². The lowest BCUT2D eigenvalue weighted by Crippen LogP contribution is -2.29. The smallest absolute Gasteiger partial charge is 0.224 e. The van der Waals surface area contributed by atoms with Crippen LogP contribution in [0.3, 0.4) is 0 Å². The molecule has 2 nitrogen and oxygen atoms in total. The molecule has 4 aromatic carbocycles. The Labute approximate surface area is 218 Å². The van der Waals surface area contributed by atoms with Crippen LogP contribution in [0, 0.1) is 12.3 Å². The maximum atomic E-state index is 2.64. The quantitative estimate of drug-likeness (QED) is 0.132. The monoisotopic (exact) mass is 483 g/mol. The molecule has 0 spiro atoms. The predicted octanol–water partition coefficient (Wildman–Crippen LogP) is 8.99. The number of aromatic nitrogens is 2. The fraction of sp³-hybridized carbons (Fsp3) is 0.286. The van der Waals surface area contributed by atoms with E-state index in [1.807, 2.05) is 0 Å². The Balaban J connectivity index is 1.91. The van der Waals surface area contributed by atoms with E-state index in [0.717, 1.165) is 6.42 Å². The number of hydrogen-bond donors (Lipinski definition) is 0. The minimum atomic E-state index is 0.213. The van der Waals surface area contributed by atoms with Crippen molar-refractivity contribution in [3.8, 4) is 0 Å². The third-order valence-corrected chi connectivity index (χ3v) is 8.39. The number of pyridine rings is 2. The first-order valence-corrected chi connectivity index (χ1v) is 13.6. The van der Waals surface area contributed by atoms with E-state index < -0.39 is 0 Å². The number of nitrogens with zero attached hydrogens (tertiary/aromatic N) is 2. The van der Waals surface area contributed by atoms with Gasteiger partial charge in [0.25, 0.3) is 0 Å². The summed E-state index contributed by atoms with van der Waals surface area (Å²) >= 11 is 0. The molecule has 2 heteroatoms. The molecule has 0 amide bonds. The summed E-state index contributed by atoms with van der Waals surface area (Å²) in [5.74, 6) is 0.388. The second-order valence-electron chi connectivity index (χ2n) is 12.5.